The number of rotatable bonds is 2. The zero-order valence-electron chi connectivity index (χ0n) is 8.24. The first-order valence-corrected chi connectivity index (χ1v) is 4.43. The number of halogens is 1. The third kappa shape index (κ3) is 1.80. The molecule has 0 aliphatic rings. The Hall–Kier alpha value is -1.29. The van der Waals surface area contributed by atoms with Crippen LogP contribution in [0.5, 0.6) is 0 Å². The van der Waals surface area contributed by atoms with Crippen LogP contribution in [-0.4, -0.2) is 19.0 Å². The van der Waals surface area contributed by atoms with E-state index in [1.165, 1.54) is 0 Å². The van der Waals surface area contributed by atoms with Crippen LogP contribution < -0.4 is 4.90 Å². The molecule has 0 bridgehead atoms. The van der Waals surface area contributed by atoms with Crippen LogP contribution in [0.3, 0.4) is 0 Å². The van der Waals surface area contributed by atoms with Crippen molar-refractivity contribution >= 4 is 23.0 Å². The van der Waals surface area contributed by atoms with Crippen LogP contribution in [0.2, 0.25) is 5.02 Å². The molecule has 0 radical (unpaired) electrons. The van der Waals surface area contributed by atoms with Crippen LogP contribution >= 0.6 is 11.6 Å². The van der Waals surface area contributed by atoms with Gasteiger partial charge >= 0.3 is 5.69 Å². The summed E-state index contributed by atoms with van der Waals surface area (Å²) in [6, 6.07) is 3.31. The van der Waals surface area contributed by atoms with Gasteiger partial charge in [0.1, 0.15) is 10.7 Å². The number of aryl methyl sites for hydroxylation is 1. The summed E-state index contributed by atoms with van der Waals surface area (Å²) in [6.07, 6.45) is 0. The van der Waals surface area contributed by atoms with Crippen LogP contribution in [-0.2, 0) is 0 Å². The second-order valence-corrected chi connectivity index (χ2v) is 3.62. The Labute approximate surface area is 87.2 Å². The Kier molecular flexibility index (Phi) is 2.96. The lowest BCUT2D eigenvalue weighted by atomic mass is 10.1. The van der Waals surface area contributed by atoms with Gasteiger partial charge in [0.05, 0.1) is 4.92 Å². The molecule has 1 aromatic rings. The SMILES string of the molecule is Cc1ccc(Cl)c([N+](=O)[O-])c1N(C)C. The predicted molar refractivity (Wildman–Crippen MR) is 57.2 cm³/mol. The maximum atomic E-state index is 10.8. The van der Waals surface area contributed by atoms with E-state index in [0.717, 1.165) is 5.56 Å². The van der Waals surface area contributed by atoms with Gasteiger partial charge < -0.3 is 4.90 Å². The Morgan fingerprint density at radius 2 is 2.00 bits per heavy atom. The highest BCUT2D eigenvalue weighted by Gasteiger charge is 2.21. The number of anilines is 1. The van der Waals surface area contributed by atoms with Gasteiger partial charge in [-0.1, -0.05) is 17.7 Å². The second-order valence-electron chi connectivity index (χ2n) is 3.21. The smallest absolute Gasteiger partial charge is 0.311 e. The van der Waals surface area contributed by atoms with Gasteiger partial charge in [0, 0.05) is 14.1 Å². The Morgan fingerprint density at radius 1 is 1.43 bits per heavy atom. The van der Waals surface area contributed by atoms with E-state index in [1.54, 1.807) is 31.1 Å². The van der Waals surface area contributed by atoms with Crippen molar-refractivity contribution in [1.29, 1.82) is 0 Å². The van der Waals surface area contributed by atoms with E-state index in [1.807, 2.05) is 6.92 Å². The summed E-state index contributed by atoms with van der Waals surface area (Å²) in [5.41, 5.74) is 1.37. The molecule has 1 rings (SSSR count). The fourth-order valence-electron chi connectivity index (χ4n) is 1.39. The topological polar surface area (TPSA) is 46.4 Å². The largest absolute Gasteiger partial charge is 0.372 e. The predicted octanol–water partition coefficient (Wildman–Crippen LogP) is 2.62. The molecule has 0 N–H and O–H groups in total. The minimum Gasteiger partial charge on any atom is -0.372 e. The van der Waals surface area contributed by atoms with E-state index in [4.69, 9.17) is 11.6 Å². The second kappa shape index (κ2) is 3.84. The van der Waals surface area contributed by atoms with E-state index in [9.17, 15) is 10.1 Å². The third-order valence-electron chi connectivity index (χ3n) is 1.93. The lowest BCUT2D eigenvalue weighted by Gasteiger charge is -2.15. The van der Waals surface area contributed by atoms with Crippen LogP contribution in [0.4, 0.5) is 11.4 Å². The number of nitro groups is 1. The summed E-state index contributed by atoms with van der Waals surface area (Å²) >= 11 is 5.77. The molecule has 0 saturated carbocycles. The first kappa shape index (κ1) is 10.8. The van der Waals surface area contributed by atoms with Crippen molar-refractivity contribution in [2.45, 2.75) is 6.92 Å². The normalized spacial score (nSPS) is 10.0. The van der Waals surface area contributed by atoms with Crippen molar-refractivity contribution in [2.24, 2.45) is 0 Å². The van der Waals surface area contributed by atoms with Gasteiger partial charge in [0.2, 0.25) is 0 Å². The fraction of sp³-hybridized carbons (Fsp3) is 0.333. The van der Waals surface area contributed by atoms with Gasteiger partial charge in [-0.2, -0.15) is 0 Å². The van der Waals surface area contributed by atoms with Gasteiger partial charge in [0.15, 0.2) is 0 Å². The molecule has 0 atom stereocenters. The first-order valence-electron chi connectivity index (χ1n) is 4.06. The van der Waals surface area contributed by atoms with Gasteiger partial charge in [-0.25, -0.2) is 0 Å². The zero-order chi connectivity index (χ0) is 10.9. The lowest BCUT2D eigenvalue weighted by molar-refractivity contribution is -0.384. The van der Waals surface area contributed by atoms with Crippen LogP contribution in [0.15, 0.2) is 12.1 Å². The molecular weight excluding hydrogens is 204 g/mol. The van der Waals surface area contributed by atoms with E-state index < -0.39 is 4.92 Å². The summed E-state index contributed by atoms with van der Waals surface area (Å²) in [7, 11) is 3.51. The van der Waals surface area contributed by atoms with Crippen LogP contribution in [0, 0.1) is 17.0 Å². The standard InChI is InChI=1S/C9H11ClN2O2/c1-6-4-5-7(10)9(12(13)14)8(6)11(2)3/h4-5H,1-3H3. The van der Waals surface area contributed by atoms with Crippen molar-refractivity contribution in [2.75, 3.05) is 19.0 Å². The Bertz CT molecular complexity index is 377. The fourth-order valence-corrected chi connectivity index (χ4v) is 1.62. The minimum atomic E-state index is -0.454. The summed E-state index contributed by atoms with van der Waals surface area (Å²) in [6.45, 7) is 1.82. The molecule has 0 aliphatic carbocycles. The summed E-state index contributed by atoms with van der Waals surface area (Å²) in [5.74, 6) is 0. The number of nitrogens with zero attached hydrogens (tertiary/aromatic N) is 2. The third-order valence-corrected chi connectivity index (χ3v) is 2.24. The molecule has 0 saturated heterocycles. The first-order chi connectivity index (χ1) is 6.45. The van der Waals surface area contributed by atoms with Crippen LogP contribution in [0.25, 0.3) is 0 Å². The maximum absolute atomic E-state index is 10.8. The quantitative estimate of drug-likeness (QED) is 0.562. The molecule has 14 heavy (non-hydrogen) atoms. The van der Waals surface area contributed by atoms with Gasteiger partial charge in [-0.15, -0.1) is 0 Å². The average molecular weight is 215 g/mol. The summed E-state index contributed by atoms with van der Waals surface area (Å²) in [5, 5.41) is 11.0. The van der Waals surface area contributed by atoms with Gasteiger partial charge in [-0.05, 0) is 18.6 Å². The van der Waals surface area contributed by atoms with Gasteiger partial charge in [0.25, 0.3) is 0 Å². The van der Waals surface area contributed by atoms with Crippen molar-refractivity contribution in [3.05, 3.63) is 32.8 Å². The molecule has 76 valence electrons. The number of nitro benzene ring substituents is 1. The Balaban J connectivity index is 3.50. The molecule has 0 unspecified atom stereocenters. The molecule has 0 spiro atoms. The molecule has 0 amide bonds. The van der Waals surface area contributed by atoms with Crippen molar-refractivity contribution in [3.8, 4) is 0 Å². The molecule has 1 aromatic carbocycles. The average Bonchev–Trinajstić information content (AvgIpc) is 2.07. The minimum absolute atomic E-state index is 0.0309. The number of hydrogen-bond acceptors (Lipinski definition) is 3. The van der Waals surface area contributed by atoms with Crippen molar-refractivity contribution < 1.29 is 4.92 Å². The Morgan fingerprint density at radius 3 is 2.36 bits per heavy atom. The number of benzene rings is 1. The lowest BCUT2D eigenvalue weighted by Crippen LogP contribution is -2.12. The van der Waals surface area contributed by atoms with Crippen molar-refractivity contribution in [3.63, 3.8) is 0 Å². The monoisotopic (exact) mass is 214 g/mol. The van der Waals surface area contributed by atoms with Crippen LogP contribution in [0.1, 0.15) is 5.56 Å². The molecule has 5 heteroatoms. The highest BCUT2D eigenvalue weighted by molar-refractivity contribution is 6.33. The highest BCUT2D eigenvalue weighted by atomic mass is 35.5. The van der Waals surface area contributed by atoms with E-state index >= 15 is 0 Å². The van der Waals surface area contributed by atoms with Crippen molar-refractivity contribution in [1.82, 2.24) is 0 Å². The molecule has 0 aliphatic heterocycles. The molecule has 4 nitrogen and oxygen atoms in total. The molecule has 0 fully saturated rings. The van der Waals surface area contributed by atoms with Gasteiger partial charge in [-0.3, -0.25) is 10.1 Å². The van der Waals surface area contributed by atoms with E-state index in [2.05, 4.69) is 0 Å². The molecule has 0 aromatic heterocycles. The summed E-state index contributed by atoms with van der Waals surface area (Å²) < 4.78 is 0. The molecule has 0 heterocycles. The van der Waals surface area contributed by atoms with E-state index in [-0.39, 0.29) is 10.7 Å². The number of hydrogen-bond donors (Lipinski definition) is 0. The zero-order valence-corrected chi connectivity index (χ0v) is 9.00. The maximum Gasteiger partial charge on any atom is 0.311 e. The highest BCUT2D eigenvalue weighted by Crippen LogP contribution is 2.36. The van der Waals surface area contributed by atoms with E-state index in [0.29, 0.717) is 5.69 Å². The molecular formula is C9H11ClN2O2. The summed E-state index contributed by atoms with van der Waals surface area (Å²) in [4.78, 5) is 12.0.